The summed E-state index contributed by atoms with van der Waals surface area (Å²) in [5.41, 5.74) is 4.45. The molecule has 2 amide bonds. The molecule has 0 unspecified atom stereocenters. The summed E-state index contributed by atoms with van der Waals surface area (Å²) in [6.07, 6.45) is -0.287. The maximum Gasteiger partial charge on any atom is 0.422 e. The number of methoxy groups -OCH3 is 1. The quantitative estimate of drug-likeness (QED) is 0.440. The van der Waals surface area contributed by atoms with Gasteiger partial charge in [0.15, 0.2) is 5.84 Å². The predicted molar refractivity (Wildman–Crippen MR) is 151 cm³/mol. The van der Waals surface area contributed by atoms with Crippen LogP contribution < -0.4 is 4.74 Å². The first-order valence-corrected chi connectivity index (χ1v) is 13.5. The largest absolute Gasteiger partial charge is 0.496 e. The van der Waals surface area contributed by atoms with Crippen molar-refractivity contribution in [2.24, 2.45) is 25.4 Å². The summed E-state index contributed by atoms with van der Waals surface area (Å²) in [7, 11) is 1.60. The Hall–Kier alpha value is -3.41. The molecule has 3 aliphatic rings. The van der Waals surface area contributed by atoms with E-state index in [-0.39, 0.29) is 33.8 Å². The van der Waals surface area contributed by atoms with Crippen LogP contribution in [0.15, 0.2) is 31.9 Å². The van der Waals surface area contributed by atoms with Gasteiger partial charge in [-0.2, -0.15) is 24.6 Å². The number of carbonyl (C=O) groups is 2. The summed E-state index contributed by atoms with van der Waals surface area (Å²) in [5, 5.41) is 30.8. The number of nitrogens with zero attached hydrogens (tertiary/aromatic N) is 6. The highest BCUT2D eigenvalue weighted by molar-refractivity contribution is 8.00. The van der Waals surface area contributed by atoms with Gasteiger partial charge in [0.2, 0.25) is 0 Å². The molecule has 1 aromatic rings. The van der Waals surface area contributed by atoms with E-state index in [1.165, 1.54) is 17.1 Å². The van der Waals surface area contributed by atoms with Gasteiger partial charge in [-0.3, -0.25) is 4.98 Å². The molecule has 12 heteroatoms. The molecule has 11 nitrogen and oxygen atoms in total. The molecule has 0 radical (unpaired) electrons. The van der Waals surface area contributed by atoms with E-state index >= 15 is 0 Å². The van der Waals surface area contributed by atoms with Crippen molar-refractivity contribution < 1.29 is 24.5 Å². The molecule has 0 bridgehead atoms. The van der Waals surface area contributed by atoms with Gasteiger partial charge in [0.05, 0.1) is 23.3 Å². The topological polar surface area (TPSA) is 140 Å². The Morgan fingerprint density at radius 3 is 2.23 bits per heavy atom. The lowest BCUT2D eigenvalue weighted by molar-refractivity contribution is 0.145. The smallest absolute Gasteiger partial charge is 0.422 e. The molecule has 1 aromatic heterocycles. The molecule has 210 valence electrons. The summed E-state index contributed by atoms with van der Waals surface area (Å²) < 4.78 is 9.61. The van der Waals surface area contributed by atoms with Crippen molar-refractivity contribution in [3.63, 3.8) is 0 Å². The van der Waals surface area contributed by atoms with Crippen molar-refractivity contribution in [1.82, 2.24) is 15.0 Å². The highest BCUT2D eigenvalue weighted by Gasteiger charge is 2.58. The van der Waals surface area contributed by atoms with Crippen LogP contribution in [0.4, 0.5) is 9.59 Å². The zero-order chi connectivity index (χ0) is 29.1. The van der Waals surface area contributed by atoms with E-state index in [0.717, 1.165) is 28.2 Å². The summed E-state index contributed by atoms with van der Waals surface area (Å²) in [6, 6.07) is 0. The number of carboxylic acid groups (broad SMARTS) is 2. The number of hydrogen-bond donors (Lipinski definition) is 2. The molecule has 0 atom stereocenters. The lowest BCUT2D eigenvalue weighted by atomic mass is 9.61. The molecule has 2 aliphatic heterocycles. The average molecular weight is 557 g/mol. The first kappa shape index (κ1) is 28.6. The minimum absolute atomic E-state index is 0.183. The Kier molecular flexibility index (Phi) is 7.08. The van der Waals surface area contributed by atoms with E-state index in [1.54, 1.807) is 13.3 Å². The fourth-order valence-corrected chi connectivity index (χ4v) is 7.50. The third kappa shape index (κ3) is 4.48. The molecule has 3 heterocycles. The minimum Gasteiger partial charge on any atom is -0.496 e. The van der Waals surface area contributed by atoms with Crippen LogP contribution in [-0.2, 0) is 6.54 Å². The van der Waals surface area contributed by atoms with Crippen molar-refractivity contribution >= 4 is 41.4 Å². The van der Waals surface area contributed by atoms with Crippen molar-refractivity contribution in [2.75, 3.05) is 7.11 Å². The van der Waals surface area contributed by atoms with Crippen LogP contribution in [0.25, 0.3) is 0 Å². The average Bonchev–Trinajstić information content (AvgIpc) is 3.15. The summed E-state index contributed by atoms with van der Waals surface area (Å²) >= 11 is 1.23. The molecule has 2 N–H and O–H groups in total. The lowest BCUT2D eigenvalue weighted by Gasteiger charge is -2.52. The third-order valence-electron chi connectivity index (χ3n) is 7.54. The van der Waals surface area contributed by atoms with E-state index in [1.807, 2.05) is 13.8 Å². The highest BCUT2D eigenvalue weighted by atomic mass is 32.2. The van der Waals surface area contributed by atoms with Gasteiger partial charge >= 0.3 is 12.2 Å². The number of hydrogen-bond acceptors (Lipinski definition) is 9. The van der Waals surface area contributed by atoms with E-state index in [9.17, 15) is 19.8 Å². The van der Waals surface area contributed by atoms with Crippen molar-refractivity contribution in [3.8, 4) is 5.75 Å². The second-order valence-corrected chi connectivity index (χ2v) is 13.0. The summed E-state index contributed by atoms with van der Waals surface area (Å²) in [4.78, 5) is 29.2. The van der Waals surface area contributed by atoms with Crippen LogP contribution in [-0.4, -0.2) is 66.5 Å². The van der Waals surface area contributed by atoms with Gasteiger partial charge in [0, 0.05) is 22.9 Å². The number of pyridine rings is 1. The van der Waals surface area contributed by atoms with Gasteiger partial charge in [0.25, 0.3) is 0 Å². The van der Waals surface area contributed by atoms with E-state index in [4.69, 9.17) is 14.9 Å². The van der Waals surface area contributed by atoms with Crippen molar-refractivity contribution in [2.45, 2.75) is 79.5 Å². The van der Waals surface area contributed by atoms with Crippen LogP contribution in [0.3, 0.4) is 0 Å². The SMILES string of the molecule is COc1c(C)cnc(CN2N=C3CCC4=C3C(=N2)C(N(C(=O)O)C(=O)O)=NSC4(C(C)(C)C)C(C)(C)C)c1C. The van der Waals surface area contributed by atoms with Gasteiger partial charge in [-0.1, -0.05) is 41.5 Å². The zero-order valence-electron chi connectivity index (χ0n) is 23.9. The number of amidine groups is 1. The first-order valence-electron chi connectivity index (χ1n) is 12.7. The maximum atomic E-state index is 12.2. The number of hydrazone groups is 2. The van der Waals surface area contributed by atoms with Crippen LogP contribution in [0.2, 0.25) is 0 Å². The van der Waals surface area contributed by atoms with E-state index in [0.29, 0.717) is 24.1 Å². The molecule has 0 fully saturated rings. The fraction of sp³-hybridized carbons (Fsp3) is 0.556. The Morgan fingerprint density at radius 2 is 1.69 bits per heavy atom. The van der Waals surface area contributed by atoms with Crippen molar-refractivity contribution in [1.29, 1.82) is 0 Å². The molecule has 0 aromatic carbocycles. The normalized spacial score (nSPS) is 18.6. The first-order chi connectivity index (χ1) is 18.0. The number of rotatable bonds is 3. The molecule has 4 rings (SSSR count). The Bertz CT molecular complexity index is 1340. The molecule has 0 saturated heterocycles. The van der Waals surface area contributed by atoms with Gasteiger partial charge < -0.3 is 14.9 Å². The van der Waals surface area contributed by atoms with Gasteiger partial charge in [-0.25, -0.2) is 9.59 Å². The van der Waals surface area contributed by atoms with Crippen LogP contribution in [0, 0.1) is 24.7 Å². The van der Waals surface area contributed by atoms with Gasteiger partial charge in [-0.15, -0.1) is 0 Å². The van der Waals surface area contributed by atoms with Gasteiger partial charge in [0.1, 0.15) is 18.0 Å². The lowest BCUT2D eigenvalue weighted by Crippen LogP contribution is -2.51. The molecule has 39 heavy (non-hydrogen) atoms. The van der Waals surface area contributed by atoms with Crippen LogP contribution in [0.5, 0.6) is 5.75 Å². The summed E-state index contributed by atoms with van der Waals surface area (Å²) in [5.74, 6) is 0.477. The molecule has 0 saturated carbocycles. The number of aromatic nitrogens is 1. The fourth-order valence-electron chi connectivity index (χ4n) is 6.24. The molecule has 0 spiro atoms. The van der Waals surface area contributed by atoms with Crippen LogP contribution in [0.1, 0.15) is 71.2 Å². The predicted octanol–water partition coefficient (Wildman–Crippen LogP) is 5.87. The number of aryl methyl sites for hydroxylation is 1. The molecular formula is C27H36N6O5S. The second kappa shape index (κ2) is 9.65. The second-order valence-electron chi connectivity index (χ2n) is 12.0. The Balaban J connectivity index is 1.97. The van der Waals surface area contributed by atoms with Crippen LogP contribution >= 0.6 is 11.9 Å². The van der Waals surface area contributed by atoms with Gasteiger partial charge in [-0.05, 0) is 55.0 Å². The summed E-state index contributed by atoms with van der Waals surface area (Å²) in [6.45, 7) is 16.8. The number of ether oxygens (including phenoxy) is 1. The van der Waals surface area contributed by atoms with Crippen molar-refractivity contribution in [3.05, 3.63) is 34.2 Å². The maximum absolute atomic E-state index is 12.2. The molecule has 1 aliphatic carbocycles. The third-order valence-corrected chi connectivity index (χ3v) is 9.55. The monoisotopic (exact) mass is 556 g/mol. The van der Waals surface area contributed by atoms with E-state index < -0.39 is 16.9 Å². The highest BCUT2D eigenvalue weighted by Crippen LogP contribution is 2.62. The number of amides is 2. The number of imide groups is 1. The minimum atomic E-state index is -1.65. The Labute approximate surface area is 232 Å². The zero-order valence-corrected chi connectivity index (χ0v) is 24.7. The Morgan fingerprint density at radius 1 is 1.08 bits per heavy atom. The molecular weight excluding hydrogens is 520 g/mol. The van der Waals surface area contributed by atoms with E-state index in [2.05, 4.69) is 50.9 Å². The standard InChI is InChI=1S/C27H36N6O5S/c1-14-12-28-18(15(2)21(14)38-9)13-32-29-17-11-10-16-19(17)20(30-32)22(33(23(34)35)24(36)37)31-39-27(16,25(3,4)5)26(6,7)8/h12H,10-11,13H2,1-9H3,(H,34,35)(H,36,37).